The van der Waals surface area contributed by atoms with Crippen LogP contribution in [0.3, 0.4) is 0 Å². The van der Waals surface area contributed by atoms with Gasteiger partial charge in [0.1, 0.15) is 17.3 Å². The highest BCUT2D eigenvalue weighted by Crippen LogP contribution is 2.18. The van der Waals surface area contributed by atoms with E-state index in [0.717, 1.165) is 18.2 Å². The largest absolute Gasteiger partial charge is 0.318 e. The van der Waals surface area contributed by atoms with E-state index in [9.17, 15) is 13.6 Å². The van der Waals surface area contributed by atoms with Gasteiger partial charge in [0.05, 0.1) is 11.6 Å². The van der Waals surface area contributed by atoms with Crippen molar-refractivity contribution in [2.75, 3.05) is 5.32 Å². The highest BCUT2D eigenvalue weighted by Gasteiger charge is 2.09. The SMILES string of the molecule is N#Cc1cccc(C=CC(=O)Nc2c(F)cccc2F)c1. The summed E-state index contributed by atoms with van der Waals surface area (Å²) in [5.74, 6) is -2.35. The van der Waals surface area contributed by atoms with E-state index in [1.165, 1.54) is 12.1 Å². The highest BCUT2D eigenvalue weighted by molar-refractivity contribution is 6.02. The minimum absolute atomic E-state index is 0.456. The molecule has 0 atom stereocenters. The van der Waals surface area contributed by atoms with E-state index >= 15 is 0 Å². The number of hydrogen-bond donors (Lipinski definition) is 1. The van der Waals surface area contributed by atoms with Crippen molar-refractivity contribution in [2.45, 2.75) is 0 Å². The molecule has 0 spiro atoms. The lowest BCUT2D eigenvalue weighted by molar-refractivity contribution is -0.111. The third-order valence-corrected chi connectivity index (χ3v) is 2.65. The zero-order valence-corrected chi connectivity index (χ0v) is 10.8. The minimum atomic E-state index is -0.844. The van der Waals surface area contributed by atoms with Gasteiger partial charge in [-0.3, -0.25) is 4.79 Å². The Labute approximate surface area is 120 Å². The van der Waals surface area contributed by atoms with Gasteiger partial charge in [0, 0.05) is 6.08 Å². The normalized spacial score (nSPS) is 10.3. The van der Waals surface area contributed by atoms with Crippen LogP contribution in [0.2, 0.25) is 0 Å². The molecule has 5 heteroatoms. The van der Waals surface area contributed by atoms with Gasteiger partial charge in [-0.1, -0.05) is 18.2 Å². The first-order valence-electron chi connectivity index (χ1n) is 6.03. The lowest BCUT2D eigenvalue weighted by Gasteiger charge is -2.04. The number of nitrogens with zero attached hydrogens (tertiary/aromatic N) is 1. The molecule has 2 rings (SSSR count). The smallest absolute Gasteiger partial charge is 0.248 e. The fourth-order valence-electron chi connectivity index (χ4n) is 1.67. The molecule has 21 heavy (non-hydrogen) atoms. The van der Waals surface area contributed by atoms with Crippen LogP contribution in [-0.2, 0) is 4.79 Å². The topological polar surface area (TPSA) is 52.9 Å². The Morgan fingerprint density at radius 3 is 2.48 bits per heavy atom. The number of carbonyl (C=O) groups excluding carboxylic acids is 1. The predicted octanol–water partition coefficient (Wildman–Crippen LogP) is 3.49. The van der Waals surface area contributed by atoms with Crippen molar-refractivity contribution < 1.29 is 13.6 Å². The van der Waals surface area contributed by atoms with Crippen molar-refractivity contribution in [1.82, 2.24) is 0 Å². The summed E-state index contributed by atoms with van der Waals surface area (Å²) in [5.41, 5.74) is 0.605. The number of benzene rings is 2. The summed E-state index contributed by atoms with van der Waals surface area (Å²) in [6.07, 6.45) is 2.59. The second kappa shape index (κ2) is 6.44. The summed E-state index contributed by atoms with van der Waals surface area (Å²) < 4.78 is 26.7. The van der Waals surface area contributed by atoms with Crippen molar-refractivity contribution >= 4 is 17.7 Å². The lowest BCUT2D eigenvalue weighted by atomic mass is 10.1. The summed E-state index contributed by atoms with van der Waals surface area (Å²) >= 11 is 0. The van der Waals surface area contributed by atoms with Crippen LogP contribution in [0.4, 0.5) is 14.5 Å². The van der Waals surface area contributed by atoms with Gasteiger partial charge in [0.2, 0.25) is 5.91 Å². The molecule has 0 aliphatic rings. The maximum atomic E-state index is 13.4. The number of rotatable bonds is 3. The zero-order valence-electron chi connectivity index (χ0n) is 10.8. The number of anilines is 1. The molecule has 0 aliphatic heterocycles. The Morgan fingerprint density at radius 1 is 1.14 bits per heavy atom. The first kappa shape index (κ1) is 14.4. The molecule has 1 amide bonds. The van der Waals surface area contributed by atoms with Crippen LogP contribution in [0.1, 0.15) is 11.1 Å². The molecule has 1 N–H and O–H groups in total. The average Bonchev–Trinajstić information content (AvgIpc) is 2.49. The van der Waals surface area contributed by atoms with Crippen molar-refractivity contribution in [3.63, 3.8) is 0 Å². The van der Waals surface area contributed by atoms with Gasteiger partial charge in [0.25, 0.3) is 0 Å². The fourth-order valence-corrected chi connectivity index (χ4v) is 1.67. The van der Waals surface area contributed by atoms with Crippen LogP contribution in [0.25, 0.3) is 6.08 Å². The van der Waals surface area contributed by atoms with Crippen LogP contribution in [-0.4, -0.2) is 5.91 Å². The van der Waals surface area contributed by atoms with Crippen molar-refractivity contribution in [3.05, 3.63) is 71.3 Å². The van der Waals surface area contributed by atoms with E-state index in [2.05, 4.69) is 5.32 Å². The van der Waals surface area contributed by atoms with E-state index in [1.807, 2.05) is 6.07 Å². The van der Waals surface area contributed by atoms with Crippen LogP contribution >= 0.6 is 0 Å². The van der Waals surface area contributed by atoms with Gasteiger partial charge in [-0.2, -0.15) is 5.26 Å². The molecule has 0 heterocycles. The molecule has 104 valence electrons. The van der Waals surface area contributed by atoms with E-state index in [0.29, 0.717) is 11.1 Å². The van der Waals surface area contributed by atoms with Crippen molar-refractivity contribution in [1.29, 1.82) is 5.26 Å². The molecular weight excluding hydrogens is 274 g/mol. The number of nitriles is 1. The number of nitrogens with one attached hydrogen (secondary N) is 1. The third-order valence-electron chi connectivity index (χ3n) is 2.65. The van der Waals surface area contributed by atoms with Crippen molar-refractivity contribution in [2.24, 2.45) is 0 Å². The van der Waals surface area contributed by atoms with Crippen LogP contribution in [0.5, 0.6) is 0 Å². The summed E-state index contributed by atoms with van der Waals surface area (Å²) in [5, 5.41) is 10.9. The van der Waals surface area contributed by atoms with Crippen LogP contribution in [0.15, 0.2) is 48.5 Å². The number of carbonyl (C=O) groups is 1. The Balaban J connectivity index is 2.11. The van der Waals surface area contributed by atoms with Gasteiger partial charge in [0.15, 0.2) is 0 Å². The maximum absolute atomic E-state index is 13.4. The third kappa shape index (κ3) is 3.74. The maximum Gasteiger partial charge on any atom is 0.248 e. The Bertz CT molecular complexity index is 728. The molecule has 0 bridgehead atoms. The fraction of sp³-hybridized carbons (Fsp3) is 0. The molecule has 0 saturated carbocycles. The zero-order chi connectivity index (χ0) is 15.2. The van der Waals surface area contributed by atoms with E-state index in [4.69, 9.17) is 5.26 Å². The second-order valence-electron chi connectivity index (χ2n) is 4.16. The van der Waals surface area contributed by atoms with Crippen molar-refractivity contribution in [3.8, 4) is 6.07 Å². The average molecular weight is 284 g/mol. The first-order chi connectivity index (χ1) is 10.1. The van der Waals surface area contributed by atoms with Gasteiger partial charge in [-0.15, -0.1) is 0 Å². The molecule has 0 radical (unpaired) electrons. The van der Waals surface area contributed by atoms with Gasteiger partial charge in [-0.05, 0) is 35.9 Å². The molecule has 0 fully saturated rings. The quantitative estimate of drug-likeness (QED) is 0.877. The minimum Gasteiger partial charge on any atom is -0.318 e. The predicted molar refractivity (Wildman–Crippen MR) is 75.2 cm³/mol. The molecule has 2 aromatic carbocycles. The van der Waals surface area contributed by atoms with Crippen LogP contribution in [0, 0.1) is 23.0 Å². The number of halogens is 2. The summed E-state index contributed by atoms with van der Waals surface area (Å²) in [6.45, 7) is 0. The van der Waals surface area contributed by atoms with Crippen LogP contribution < -0.4 is 5.32 Å². The molecule has 0 aromatic heterocycles. The Hall–Kier alpha value is -3.00. The summed E-state index contributed by atoms with van der Waals surface area (Å²) in [6, 6.07) is 11.9. The molecule has 0 unspecified atom stereocenters. The molecule has 3 nitrogen and oxygen atoms in total. The monoisotopic (exact) mass is 284 g/mol. The molecular formula is C16H10F2N2O. The summed E-state index contributed by atoms with van der Waals surface area (Å²) in [7, 11) is 0. The molecule has 0 aliphatic carbocycles. The lowest BCUT2D eigenvalue weighted by Crippen LogP contribution is -2.10. The van der Waals surface area contributed by atoms with E-state index < -0.39 is 23.2 Å². The number of hydrogen-bond acceptors (Lipinski definition) is 2. The highest BCUT2D eigenvalue weighted by atomic mass is 19.1. The van der Waals surface area contributed by atoms with E-state index in [-0.39, 0.29) is 0 Å². The number of para-hydroxylation sites is 1. The van der Waals surface area contributed by atoms with Gasteiger partial charge >= 0.3 is 0 Å². The second-order valence-corrected chi connectivity index (χ2v) is 4.16. The standard InChI is InChI=1S/C16H10F2N2O/c17-13-5-2-6-14(18)16(13)20-15(21)8-7-11-3-1-4-12(9-11)10-19/h1-9H,(H,20,21). The first-order valence-corrected chi connectivity index (χ1v) is 6.03. The molecule has 2 aromatic rings. The summed E-state index contributed by atoms with van der Waals surface area (Å²) in [4.78, 5) is 11.6. The Kier molecular flexibility index (Phi) is 4.42. The Morgan fingerprint density at radius 2 is 1.81 bits per heavy atom. The molecule has 0 saturated heterocycles. The van der Waals surface area contributed by atoms with Gasteiger partial charge in [-0.25, -0.2) is 8.78 Å². The van der Waals surface area contributed by atoms with E-state index in [1.54, 1.807) is 24.3 Å². The van der Waals surface area contributed by atoms with Gasteiger partial charge < -0.3 is 5.32 Å². The number of amides is 1.